The van der Waals surface area contributed by atoms with Crippen molar-refractivity contribution < 1.29 is 9.18 Å². The molecule has 3 N–H and O–H groups in total. The van der Waals surface area contributed by atoms with Gasteiger partial charge >= 0.3 is 0 Å². The number of hydrogen-bond donors (Lipinski definition) is 3. The summed E-state index contributed by atoms with van der Waals surface area (Å²) in [6.45, 7) is 0. The first-order valence-electron chi connectivity index (χ1n) is 7.01. The molecular weight excluding hydrogens is 408 g/mol. The molecule has 0 saturated heterocycles. The minimum absolute atomic E-state index is 0.0938. The van der Waals surface area contributed by atoms with Gasteiger partial charge in [0, 0.05) is 11.3 Å². The summed E-state index contributed by atoms with van der Waals surface area (Å²) in [6, 6.07) is 14.0. The van der Waals surface area contributed by atoms with Crippen molar-refractivity contribution in [3.8, 4) is 0 Å². The van der Waals surface area contributed by atoms with Crippen molar-refractivity contribution in [3.05, 3.63) is 66.0 Å². The number of hydrogen-bond acceptors (Lipinski definition) is 2. The molecule has 0 spiro atoms. The highest BCUT2D eigenvalue weighted by Gasteiger charge is 2.34. The topological polar surface area (TPSA) is 53.2 Å². The van der Waals surface area contributed by atoms with Crippen molar-refractivity contribution >= 4 is 63.7 Å². The molecule has 0 saturated carbocycles. The Morgan fingerprint density at radius 3 is 2.16 bits per heavy atom. The molecule has 9 heteroatoms. The SMILES string of the molecule is O=C(NC(NC(=S)Nc1ccc(F)cc1)C(Cl)(Cl)Cl)c1ccccc1. The van der Waals surface area contributed by atoms with Crippen LogP contribution in [0.1, 0.15) is 10.4 Å². The van der Waals surface area contributed by atoms with Crippen LogP contribution in [0.25, 0.3) is 0 Å². The van der Waals surface area contributed by atoms with Crippen molar-refractivity contribution in [2.45, 2.75) is 9.96 Å². The van der Waals surface area contributed by atoms with E-state index in [-0.39, 0.29) is 10.9 Å². The van der Waals surface area contributed by atoms with E-state index >= 15 is 0 Å². The number of carbonyl (C=O) groups excluding carboxylic acids is 1. The number of nitrogens with one attached hydrogen (secondary N) is 3. The number of alkyl halides is 3. The van der Waals surface area contributed by atoms with Gasteiger partial charge in [0.1, 0.15) is 12.0 Å². The quantitative estimate of drug-likeness (QED) is 0.393. The number of rotatable bonds is 4. The number of benzene rings is 2. The van der Waals surface area contributed by atoms with Gasteiger partial charge in [0.15, 0.2) is 5.11 Å². The Balaban J connectivity index is 2.03. The fourth-order valence-electron chi connectivity index (χ4n) is 1.84. The molecular formula is C16H13Cl3FN3OS. The zero-order valence-corrected chi connectivity index (χ0v) is 15.7. The third kappa shape index (κ3) is 6.32. The maximum Gasteiger partial charge on any atom is 0.252 e. The van der Waals surface area contributed by atoms with Crippen LogP contribution >= 0.6 is 47.0 Å². The average Bonchev–Trinajstić information content (AvgIpc) is 2.56. The summed E-state index contributed by atoms with van der Waals surface area (Å²) in [6.07, 6.45) is -1.09. The maximum atomic E-state index is 12.9. The molecule has 0 heterocycles. The van der Waals surface area contributed by atoms with Gasteiger partial charge in [-0.1, -0.05) is 53.0 Å². The second kappa shape index (κ2) is 8.67. The first-order chi connectivity index (χ1) is 11.8. The molecule has 4 nitrogen and oxygen atoms in total. The van der Waals surface area contributed by atoms with Gasteiger partial charge in [0.2, 0.25) is 3.79 Å². The Kier molecular flexibility index (Phi) is 6.84. The number of thiocarbonyl (C=S) groups is 1. The Hall–Kier alpha value is -1.60. The van der Waals surface area contributed by atoms with Crippen LogP contribution in [0.3, 0.4) is 0 Å². The van der Waals surface area contributed by atoms with Gasteiger partial charge in [0.05, 0.1) is 0 Å². The van der Waals surface area contributed by atoms with Gasteiger partial charge in [0.25, 0.3) is 5.91 Å². The molecule has 0 aromatic heterocycles. The van der Waals surface area contributed by atoms with E-state index in [9.17, 15) is 9.18 Å². The van der Waals surface area contributed by atoms with E-state index in [2.05, 4.69) is 16.0 Å². The first-order valence-corrected chi connectivity index (χ1v) is 8.55. The van der Waals surface area contributed by atoms with Crippen molar-refractivity contribution in [1.29, 1.82) is 0 Å². The van der Waals surface area contributed by atoms with E-state index in [0.29, 0.717) is 11.3 Å². The van der Waals surface area contributed by atoms with Crippen LogP contribution < -0.4 is 16.0 Å². The van der Waals surface area contributed by atoms with Crippen LogP contribution in [-0.4, -0.2) is 21.0 Å². The summed E-state index contributed by atoms with van der Waals surface area (Å²) in [7, 11) is 0. The van der Waals surface area contributed by atoms with E-state index in [1.807, 2.05) is 0 Å². The minimum Gasteiger partial charge on any atom is -0.339 e. The smallest absolute Gasteiger partial charge is 0.252 e. The fraction of sp³-hybridized carbons (Fsp3) is 0.125. The van der Waals surface area contributed by atoms with Crippen molar-refractivity contribution in [3.63, 3.8) is 0 Å². The standard InChI is InChI=1S/C16H13Cl3FN3OS/c17-16(18,19)14(22-13(24)10-4-2-1-3-5-10)23-15(25)21-12-8-6-11(20)7-9-12/h1-9,14H,(H,22,24)(H2,21,23,25). The zero-order valence-electron chi connectivity index (χ0n) is 12.6. The molecule has 2 rings (SSSR count). The Morgan fingerprint density at radius 1 is 1.00 bits per heavy atom. The molecule has 0 fully saturated rings. The molecule has 0 aliphatic rings. The highest BCUT2D eigenvalue weighted by atomic mass is 35.6. The molecule has 1 unspecified atom stereocenters. The van der Waals surface area contributed by atoms with Gasteiger partial charge in [-0.3, -0.25) is 4.79 Å². The average molecular weight is 421 g/mol. The van der Waals surface area contributed by atoms with Gasteiger partial charge in [-0.15, -0.1) is 0 Å². The zero-order chi connectivity index (χ0) is 18.4. The molecule has 1 atom stereocenters. The lowest BCUT2D eigenvalue weighted by Crippen LogP contribution is -2.56. The third-order valence-electron chi connectivity index (χ3n) is 3.02. The molecule has 0 aliphatic carbocycles. The summed E-state index contributed by atoms with van der Waals surface area (Å²) in [5.74, 6) is -0.812. The van der Waals surface area contributed by atoms with Crippen LogP contribution in [0.4, 0.5) is 10.1 Å². The first kappa shape index (κ1) is 19.7. The fourth-order valence-corrected chi connectivity index (χ4v) is 2.40. The van der Waals surface area contributed by atoms with Gasteiger partial charge < -0.3 is 16.0 Å². The van der Waals surface area contributed by atoms with Crippen LogP contribution in [0.2, 0.25) is 0 Å². The second-order valence-electron chi connectivity index (χ2n) is 4.92. The van der Waals surface area contributed by atoms with Gasteiger partial charge in [-0.2, -0.15) is 0 Å². The summed E-state index contributed by atoms with van der Waals surface area (Å²) < 4.78 is 11.1. The van der Waals surface area contributed by atoms with Gasteiger partial charge in [-0.05, 0) is 48.6 Å². The highest BCUT2D eigenvalue weighted by Crippen LogP contribution is 2.29. The normalized spacial score (nSPS) is 12.2. The summed E-state index contributed by atoms with van der Waals surface area (Å²) in [4.78, 5) is 12.2. The van der Waals surface area contributed by atoms with Crippen molar-refractivity contribution in [1.82, 2.24) is 10.6 Å². The lowest BCUT2D eigenvalue weighted by Gasteiger charge is -2.27. The Labute approximate surface area is 164 Å². The Morgan fingerprint density at radius 2 is 1.60 bits per heavy atom. The van der Waals surface area contributed by atoms with Crippen molar-refractivity contribution in [2.75, 3.05) is 5.32 Å². The maximum absolute atomic E-state index is 12.9. The predicted octanol–water partition coefficient (Wildman–Crippen LogP) is 4.24. The van der Waals surface area contributed by atoms with Crippen LogP contribution in [0.5, 0.6) is 0 Å². The minimum atomic E-state index is -1.86. The molecule has 2 aromatic carbocycles. The van der Waals surface area contributed by atoms with Crippen LogP contribution in [-0.2, 0) is 0 Å². The molecule has 25 heavy (non-hydrogen) atoms. The molecule has 0 radical (unpaired) electrons. The van der Waals surface area contributed by atoms with E-state index in [1.54, 1.807) is 30.3 Å². The molecule has 0 bridgehead atoms. The van der Waals surface area contributed by atoms with E-state index in [0.717, 1.165) is 0 Å². The summed E-state index contributed by atoms with van der Waals surface area (Å²) >= 11 is 22.9. The lowest BCUT2D eigenvalue weighted by atomic mass is 10.2. The number of amides is 1. The van der Waals surface area contributed by atoms with Gasteiger partial charge in [-0.25, -0.2) is 4.39 Å². The number of halogens is 4. The molecule has 132 valence electrons. The Bertz CT molecular complexity index is 739. The molecule has 0 aliphatic heterocycles. The molecule has 2 aromatic rings. The van der Waals surface area contributed by atoms with E-state index in [4.69, 9.17) is 47.0 Å². The third-order valence-corrected chi connectivity index (χ3v) is 3.89. The lowest BCUT2D eigenvalue weighted by molar-refractivity contribution is 0.0934. The van der Waals surface area contributed by atoms with Crippen molar-refractivity contribution in [2.24, 2.45) is 0 Å². The molecule has 1 amide bonds. The number of carbonyl (C=O) groups is 1. The number of anilines is 1. The summed E-state index contributed by atoms with van der Waals surface area (Å²) in [5.41, 5.74) is 0.942. The van der Waals surface area contributed by atoms with Crippen LogP contribution in [0, 0.1) is 5.82 Å². The van der Waals surface area contributed by atoms with E-state index in [1.165, 1.54) is 24.3 Å². The second-order valence-corrected chi connectivity index (χ2v) is 7.70. The van der Waals surface area contributed by atoms with E-state index < -0.39 is 15.9 Å². The van der Waals surface area contributed by atoms with Crippen LogP contribution in [0.15, 0.2) is 54.6 Å². The summed E-state index contributed by atoms with van der Waals surface area (Å²) in [5, 5.41) is 8.19. The highest BCUT2D eigenvalue weighted by molar-refractivity contribution is 7.80. The largest absolute Gasteiger partial charge is 0.339 e. The predicted molar refractivity (Wildman–Crippen MR) is 104 cm³/mol. The monoisotopic (exact) mass is 419 g/mol.